The number of carboxylic acid groups (broad SMARTS) is 1. The summed E-state index contributed by atoms with van der Waals surface area (Å²) < 4.78 is 34.0. The number of aryl methyl sites for hydroxylation is 1. The van der Waals surface area contributed by atoms with E-state index in [1.165, 1.54) is 24.4 Å². The molecule has 0 unspecified atom stereocenters. The molecule has 4 rings (SSSR count). The van der Waals surface area contributed by atoms with Gasteiger partial charge in [-0.2, -0.15) is 0 Å². The molecule has 3 heterocycles. The molecular formula is C28H32F2N4O3. The molecule has 37 heavy (non-hydrogen) atoms. The lowest BCUT2D eigenvalue weighted by molar-refractivity contribution is -0.136. The number of carbonyl (C=O) groups is 1. The number of halogens is 2. The minimum atomic E-state index is -0.981. The van der Waals surface area contributed by atoms with Crippen LogP contribution in [0.2, 0.25) is 0 Å². The Bertz CT molecular complexity index is 1300. The number of anilines is 2. The molecule has 0 saturated carbocycles. The topological polar surface area (TPSA) is 102 Å². The van der Waals surface area contributed by atoms with Gasteiger partial charge in [-0.15, -0.1) is 0 Å². The number of hydrogen-bond donors (Lipinski definition) is 2. The molecule has 0 spiro atoms. The van der Waals surface area contributed by atoms with Crippen LogP contribution in [0.4, 0.5) is 20.3 Å². The van der Waals surface area contributed by atoms with Crippen LogP contribution in [0.25, 0.3) is 11.1 Å². The molecule has 3 aromatic rings. The Morgan fingerprint density at radius 3 is 2.59 bits per heavy atom. The number of aliphatic carboxylic acids is 1. The average Bonchev–Trinajstić information content (AvgIpc) is 2.82. The van der Waals surface area contributed by atoms with Crippen LogP contribution < -0.4 is 15.4 Å². The lowest BCUT2D eigenvalue weighted by Crippen LogP contribution is -2.38. The Hall–Kier alpha value is -3.75. The number of rotatable bonds is 8. The summed E-state index contributed by atoms with van der Waals surface area (Å²) in [6.45, 7) is 7.71. The van der Waals surface area contributed by atoms with Gasteiger partial charge in [-0.05, 0) is 48.9 Å². The molecule has 0 radical (unpaired) electrons. The molecule has 2 aromatic heterocycles. The minimum absolute atomic E-state index is 0.124. The number of nitrogens with zero attached hydrogens (tertiary/aromatic N) is 3. The van der Waals surface area contributed by atoms with Crippen molar-refractivity contribution in [1.29, 1.82) is 0 Å². The van der Waals surface area contributed by atoms with Crippen LogP contribution in [-0.4, -0.2) is 40.7 Å². The quantitative estimate of drug-likeness (QED) is 0.430. The molecule has 1 saturated heterocycles. The van der Waals surface area contributed by atoms with Gasteiger partial charge in [0.25, 0.3) is 0 Å². The maximum Gasteiger partial charge on any atom is 0.307 e. The SMILES string of the molecule is Cc1nc(N)c(-c2cnc(OCCc3cccc(F)c3)c(F)c2)c(N2CCC(C)(C)CC2)c1CC(=O)O. The first kappa shape index (κ1) is 26.3. The number of ether oxygens (including phenoxy) is 1. The molecule has 0 aliphatic carbocycles. The zero-order valence-electron chi connectivity index (χ0n) is 21.4. The van der Waals surface area contributed by atoms with E-state index < -0.39 is 11.8 Å². The van der Waals surface area contributed by atoms with E-state index in [-0.39, 0.29) is 36.0 Å². The summed E-state index contributed by atoms with van der Waals surface area (Å²) in [5, 5.41) is 9.60. The van der Waals surface area contributed by atoms with E-state index in [0.29, 0.717) is 47.6 Å². The number of benzene rings is 1. The van der Waals surface area contributed by atoms with Crippen LogP contribution in [-0.2, 0) is 17.6 Å². The number of carboxylic acids is 1. The van der Waals surface area contributed by atoms with Gasteiger partial charge in [0.15, 0.2) is 5.82 Å². The van der Waals surface area contributed by atoms with Crippen molar-refractivity contribution in [3.8, 4) is 17.0 Å². The Labute approximate surface area is 215 Å². The summed E-state index contributed by atoms with van der Waals surface area (Å²) in [4.78, 5) is 22.4. The second kappa shape index (κ2) is 10.7. The standard InChI is InChI=1S/C28H32F2N4O3/c1-17-21(15-23(35)36)25(34-10-8-28(2,3)9-11-34)24(26(31)33-17)19-14-22(30)27(32-16-19)37-12-7-18-5-4-6-20(29)13-18/h4-6,13-14,16H,7-12,15H2,1-3H3,(H2,31,33)(H,35,36). The summed E-state index contributed by atoms with van der Waals surface area (Å²) in [5.41, 5.74) is 9.91. The Morgan fingerprint density at radius 1 is 1.22 bits per heavy atom. The van der Waals surface area contributed by atoms with Crippen molar-refractivity contribution in [2.75, 3.05) is 30.3 Å². The van der Waals surface area contributed by atoms with Crippen LogP contribution in [0.15, 0.2) is 36.5 Å². The number of hydrogen-bond acceptors (Lipinski definition) is 6. The van der Waals surface area contributed by atoms with Crippen molar-refractivity contribution in [3.05, 3.63) is 65.0 Å². The van der Waals surface area contributed by atoms with Gasteiger partial charge in [0.2, 0.25) is 5.88 Å². The van der Waals surface area contributed by atoms with E-state index >= 15 is 4.39 Å². The maximum atomic E-state index is 15.1. The highest BCUT2D eigenvalue weighted by atomic mass is 19.1. The van der Waals surface area contributed by atoms with E-state index in [0.717, 1.165) is 18.4 Å². The zero-order valence-corrected chi connectivity index (χ0v) is 21.4. The molecule has 1 aliphatic rings. The normalized spacial score (nSPS) is 15.0. The van der Waals surface area contributed by atoms with Gasteiger partial charge in [0, 0.05) is 48.1 Å². The first-order chi connectivity index (χ1) is 17.5. The molecule has 3 N–H and O–H groups in total. The highest BCUT2D eigenvalue weighted by Crippen LogP contribution is 2.42. The molecule has 0 amide bonds. The highest BCUT2D eigenvalue weighted by molar-refractivity contribution is 5.90. The summed E-state index contributed by atoms with van der Waals surface area (Å²) in [6.07, 6.45) is 3.48. The summed E-state index contributed by atoms with van der Waals surface area (Å²) in [7, 11) is 0. The van der Waals surface area contributed by atoms with Gasteiger partial charge in [-0.3, -0.25) is 4.79 Å². The van der Waals surface area contributed by atoms with Crippen molar-refractivity contribution in [1.82, 2.24) is 9.97 Å². The van der Waals surface area contributed by atoms with Crippen molar-refractivity contribution in [2.45, 2.75) is 46.5 Å². The van der Waals surface area contributed by atoms with Gasteiger partial charge in [0.05, 0.1) is 18.7 Å². The van der Waals surface area contributed by atoms with E-state index in [2.05, 4.69) is 28.7 Å². The Kier molecular flexibility index (Phi) is 7.61. The zero-order chi connectivity index (χ0) is 26.7. The van der Waals surface area contributed by atoms with E-state index in [1.807, 2.05) is 0 Å². The van der Waals surface area contributed by atoms with Crippen molar-refractivity contribution in [3.63, 3.8) is 0 Å². The fourth-order valence-electron chi connectivity index (χ4n) is 4.71. The third-order valence-corrected chi connectivity index (χ3v) is 6.88. The summed E-state index contributed by atoms with van der Waals surface area (Å²) in [5.74, 6) is -1.99. The van der Waals surface area contributed by atoms with E-state index in [1.54, 1.807) is 19.1 Å². The molecule has 7 nitrogen and oxygen atoms in total. The lowest BCUT2D eigenvalue weighted by atomic mass is 9.82. The first-order valence-electron chi connectivity index (χ1n) is 12.3. The minimum Gasteiger partial charge on any atom is -0.481 e. The number of pyridine rings is 2. The second-order valence-corrected chi connectivity index (χ2v) is 10.2. The van der Waals surface area contributed by atoms with Crippen LogP contribution in [0.3, 0.4) is 0 Å². The van der Waals surface area contributed by atoms with Crippen LogP contribution in [0.1, 0.15) is 43.5 Å². The van der Waals surface area contributed by atoms with Crippen molar-refractivity contribution in [2.24, 2.45) is 5.41 Å². The molecule has 1 aromatic carbocycles. The number of piperidine rings is 1. The molecule has 196 valence electrons. The van der Waals surface area contributed by atoms with Crippen molar-refractivity contribution < 1.29 is 23.4 Å². The smallest absolute Gasteiger partial charge is 0.307 e. The number of nitrogen functional groups attached to an aromatic ring is 1. The third kappa shape index (κ3) is 6.15. The second-order valence-electron chi connectivity index (χ2n) is 10.2. The van der Waals surface area contributed by atoms with Crippen molar-refractivity contribution >= 4 is 17.5 Å². The Balaban J connectivity index is 1.66. The molecule has 9 heteroatoms. The summed E-state index contributed by atoms with van der Waals surface area (Å²) >= 11 is 0. The van der Waals surface area contributed by atoms with Crippen LogP contribution in [0, 0.1) is 24.0 Å². The monoisotopic (exact) mass is 510 g/mol. The van der Waals surface area contributed by atoms with E-state index in [9.17, 15) is 14.3 Å². The average molecular weight is 511 g/mol. The van der Waals surface area contributed by atoms with Gasteiger partial charge >= 0.3 is 5.97 Å². The van der Waals surface area contributed by atoms with Gasteiger partial charge in [0.1, 0.15) is 11.6 Å². The maximum absolute atomic E-state index is 15.1. The number of nitrogens with two attached hydrogens (primary N) is 1. The molecule has 1 aliphatic heterocycles. The predicted octanol–water partition coefficient (Wildman–Crippen LogP) is 5.19. The predicted molar refractivity (Wildman–Crippen MR) is 139 cm³/mol. The Morgan fingerprint density at radius 2 is 1.95 bits per heavy atom. The largest absolute Gasteiger partial charge is 0.481 e. The highest BCUT2D eigenvalue weighted by Gasteiger charge is 2.30. The first-order valence-corrected chi connectivity index (χ1v) is 12.3. The van der Waals surface area contributed by atoms with Gasteiger partial charge in [-0.25, -0.2) is 18.7 Å². The number of aromatic nitrogens is 2. The molecule has 0 bridgehead atoms. The van der Waals surface area contributed by atoms with Crippen LogP contribution in [0.5, 0.6) is 5.88 Å². The van der Waals surface area contributed by atoms with E-state index in [4.69, 9.17) is 10.5 Å². The summed E-state index contributed by atoms with van der Waals surface area (Å²) in [6, 6.07) is 7.43. The van der Waals surface area contributed by atoms with Crippen LogP contribution >= 0.6 is 0 Å². The van der Waals surface area contributed by atoms with Gasteiger partial charge in [-0.1, -0.05) is 26.0 Å². The fourth-order valence-corrected chi connectivity index (χ4v) is 4.71. The fraction of sp³-hybridized carbons (Fsp3) is 0.393. The van der Waals surface area contributed by atoms with Gasteiger partial charge < -0.3 is 20.5 Å². The molecular weight excluding hydrogens is 478 g/mol. The third-order valence-electron chi connectivity index (χ3n) is 6.88. The molecule has 0 atom stereocenters. The molecule has 1 fully saturated rings. The lowest BCUT2D eigenvalue weighted by Gasteiger charge is -2.40.